The van der Waals surface area contributed by atoms with E-state index in [-0.39, 0.29) is 11.6 Å². The maximum atomic E-state index is 12.1. The summed E-state index contributed by atoms with van der Waals surface area (Å²) < 4.78 is 5.67. The fraction of sp³-hybridized carbons (Fsp3) is 0.211. The molecule has 0 fully saturated rings. The number of unbranched alkanes of at least 4 members (excludes halogenated alkanes) is 1. The van der Waals surface area contributed by atoms with Gasteiger partial charge in [-0.2, -0.15) is 0 Å². The SMILES string of the molecule is CCCCOc1ccccc1NC(=O)/C=C\c1ccc([N+](=O)[O-])cc1. The highest BCUT2D eigenvalue weighted by Gasteiger charge is 2.06. The summed E-state index contributed by atoms with van der Waals surface area (Å²) in [5.41, 5.74) is 1.32. The number of benzene rings is 2. The first-order valence-corrected chi connectivity index (χ1v) is 8.05. The van der Waals surface area contributed by atoms with E-state index in [4.69, 9.17) is 4.74 Å². The Morgan fingerprint density at radius 2 is 1.92 bits per heavy atom. The monoisotopic (exact) mass is 340 g/mol. The molecule has 0 spiro atoms. The van der Waals surface area contributed by atoms with Gasteiger partial charge in [0.2, 0.25) is 5.91 Å². The Hall–Kier alpha value is -3.15. The molecule has 2 rings (SSSR count). The maximum absolute atomic E-state index is 12.1. The average Bonchev–Trinajstić information content (AvgIpc) is 2.62. The van der Waals surface area contributed by atoms with E-state index in [1.807, 2.05) is 18.2 Å². The number of nitro groups is 1. The average molecular weight is 340 g/mol. The van der Waals surface area contributed by atoms with Gasteiger partial charge in [0.05, 0.1) is 17.2 Å². The van der Waals surface area contributed by atoms with Crippen molar-refractivity contribution in [3.63, 3.8) is 0 Å². The molecule has 0 radical (unpaired) electrons. The fourth-order valence-electron chi connectivity index (χ4n) is 2.08. The second-order valence-electron chi connectivity index (χ2n) is 5.37. The Labute approximate surface area is 146 Å². The van der Waals surface area contributed by atoms with E-state index in [2.05, 4.69) is 12.2 Å². The number of carbonyl (C=O) groups excluding carboxylic acids is 1. The minimum Gasteiger partial charge on any atom is -0.491 e. The zero-order valence-corrected chi connectivity index (χ0v) is 14.0. The number of nitrogens with one attached hydrogen (secondary N) is 1. The van der Waals surface area contributed by atoms with Gasteiger partial charge >= 0.3 is 0 Å². The summed E-state index contributed by atoms with van der Waals surface area (Å²) in [4.78, 5) is 22.2. The number of amides is 1. The Kier molecular flexibility index (Phi) is 6.71. The molecule has 0 atom stereocenters. The molecular formula is C19H20N2O4. The van der Waals surface area contributed by atoms with Crippen LogP contribution >= 0.6 is 0 Å². The lowest BCUT2D eigenvalue weighted by atomic mass is 10.2. The van der Waals surface area contributed by atoms with E-state index in [1.54, 1.807) is 24.3 Å². The van der Waals surface area contributed by atoms with Gasteiger partial charge in [-0.05, 0) is 42.3 Å². The highest BCUT2D eigenvalue weighted by atomic mass is 16.6. The smallest absolute Gasteiger partial charge is 0.269 e. The first-order valence-electron chi connectivity index (χ1n) is 8.05. The van der Waals surface area contributed by atoms with Gasteiger partial charge < -0.3 is 10.1 Å². The normalized spacial score (nSPS) is 10.6. The molecule has 0 saturated carbocycles. The van der Waals surface area contributed by atoms with Crippen LogP contribution in [0.25, 0.3) is 6.08 Å². The van der Waals surface area contributed by atoms with Crippen LogP contribution < -0.4 is 10.1 Å². The van der Waals surface area contributed by atoms with E-state index in [0.29, 0.717) is 23.6 Å². The predicted octanol–water partition coefficient (Wildman–Crippen LogP) is 4.43. The van der Waals surface area contributed by atoms with Crippen LogP contribution in [0.4, 0.5) is 11.4 Å². The molecule has 0 unspecified atom stereocenters. The lowest BCUT2D eigenvalue weighted by Crippen LogP contribution is -2.09. The Bertz CT molecular complexity index is 754. The molecule has 0 aliphatic heterocycles. The number of ether oxygens (including phenoxy) is 1. The van der Waals surface area contributed by atoms with Gasteiger partial charge in [0.15, 0.2) is 0 Å². The second kappa shape index (κ2) is 9.22. The summed E-state index contributed by atoms with van der Waals surface area (Å²) in [5, 5.41) is 13.4. The molecule has 25 heavy (non-hydrogen) atoms. The summed E-state index contributed by atoms with van der Waals surface area (Å²) in [5.74, 6) is 0.331. The van der Waals surface area contributed by atoms with Crippen LogP contribution in [0.3, 0.4) is 0 Å². The summed E-state index contributed by atoms with van der Waals surface area (Å²) in [6.07, 6.45) is 4.96. The number of nitro benzene ring substituents is 1. The first-order chi connectivity index (χ1) is 12.1. The molecule has 2 aromatic rings. The van der Waals surface area contributed by atoms with Crippen molar-refractivity contribution < 1.29 is 14.5 Å². The molecule has 2 aromatic carbocycles. The molecule has 0 bridgehead atoms. The number of anilines is 1. The van der Waals surface area contributed by atoms with Crippen molar-refractivity contribution in [2.24, 2.45) is 0 Å². The van der Waals surface area contributed by atoms with E-state index in [0.717, 1.165) is 12.8 Å². The maximum Gasteiger partial charge on any atom is 0.269 e. The fourth-order valence-corrected chi connectivity index (χ4v) is 2.08. The largest absolute Gasteiger partial charge is 0.491 e. The molecule has 0 aliphatic rings. The predicted molar refractivity (Wildman–Crippen MR) is 97.6 cm³/mol. The van der Waals surface area contributed by atoms with Crippen LogP contribution in [0.5, 0.6) is 5.75 Å². The minimum absolute atomic E-state index is 0.0137. The summed E-state index contributed by atoms with van der Waals surface area (Å²) in [6, 6.07) is 13.2. The summed E-state index contributed by atoms with van der Waals surface area (Å²) in [6.45, 7) is 2.68. The molecule has 0 heterocycles. The van der Waals surface area contributed by atoms with Crippen molar-refractivity contribution in [1.82, 2.24) is 0 Å². The van der Waals surface area contributed by atoms with Crippen molar-refractivity contribution in [2.45, 2.75) is 19.8 Å². The van der Waals surface area contributed by atoms with Crippen LogP contribution in [0.15, 0.2) is 54.6 Å². The lowest BCUT2D eigenvalue weighted by molar-refractivity contribution is -0.384. The standard InChI is InChI=1S/C19H20N2O4/c1-2-3-14-25-18-7-5-4-6-17(18)20-19(22)13-10-15-8-11-16(12-9-15)21(23)24/h4-13H,2-3,14H2,1H3,(H,20,22)/b13-10-. The number of non-ortho nitro benzene ring substituents is 1. The first kappa shape index (κ1) is 18.2. The van der Waals surface area contributed by atoms with Crippen LogP contribution in [0, 0.1) is 10.1 Å². The summed E-state index contributed by atoms with van der Waals surface area (Å²) >= 11 is 0. The zero-order chi connectivity index (χ0) is 18.1. The molecule has 6 heteroatoms. The number of rotatable bonds is 8. The van der Waals surface area contributed by atoms with Crippen LogP contribution in [-0.4, -0.2) is 17.4 Å². The summed E-state index contributed by atoms with van der Waals surface area (Å²) in [7, 11) is 0. The molecule has 6 nitrogen and oxygen atoms in total. The van der Waals surface area contributed by atoms with Gasteiger partial charge in [-0.25, -0.2) is 0 Å². The highest BCUT2D eigenvalue weighted by molar-refractivity contribution is 6.02. The van der Waals surface area contributed by atoms with E-state index < -0.39 is 4.92 Å². The Morgan fingerprint density at radius 3 is 2.60 bits per heavy atom. The van der Waals surface area contributed by atoms with Crippen LogP contribution in [0.2, 0.25) is 0 Å². The quantitative estimate of drug-likeness (QED) is 0.334. The van der Waals surface area contributed by atoms with Crippen molar-refractivity contribution in [3.8, 4) is 5.75 Å². The van der Waals surface area contributed by atoms with Gasteiger partial charge in [-0.1, -0.05) is 25.5 Å². The van der Waals surface area contributed by atoms with Crippen LogP contribution in [0.1, 0.15) is 25.3 Å². The molecule has 1 N–H and O–H groups in total. The van der Waals surface area contributed by atoms with E-state index in [1.165, 1.54) is 18.2 Å². The van der Waals surface area contributed by atoms with Crippen molar-refractivity contribution in [3.05, 3.63) is 70.3 Å². The lowest BCUT2D eigenvalue weighted by Gasteiger charge is -2.11. The molecular weight excluding hydrogens is 320 g/mol. The van der Waals surface area contributed by atoms with Crippen LogP contribution in [-0.2, 0) is 4.79 Å². The Balaban J connectivity index is 1.98. The highest BCUT2D eigenvalue weighted by Crippen LogP contribution is 2.24. The molecule has 1 amide bonds. The van der Waals surface area contributed by atoms with Gasteiger partial charge in [-0.15, -0.1) is 0 Å². The number of para-hydroxylation sites is 2. The van der Waals surface area contributed by atoms with Crippen molar-refractivity contribution in [2.75, 3.05) is 11.9 Å². The van der Waals surface area contributed by atoms with E-state index >= 15 is 0 Å². The number of hydrogen-bond donors (Lipinski definition) is 1. The van der Waals surface area contributed by atoms with Gasteiger partial charge in [-0.3, -0.25) is 14.9 Å². The molecule has 0 aromatic heterocycles. The Morgan fingerprint density at radius 1 is 1.20 bits per heavy atom. The van der Waals surface area contributed by atoms with Gasteiger partial charge in [0, 0.05) is 18.2 Å². The third-order valence-electron chi connectivity index (χ3n) is 3.43. The topological polar surface area (TPSA) is 81.5 Å². The third-order valence-corrected chi connectivity index (χ3v) is 3.43. The van der Waals surface area contributed by atoms with E-state index in [9.17, 15) is 14.9 Å². The van der Waals surface area contributed by atoms with Crippen molar-refractivity contribution >= 4 is 23.4 Å². The van der Waals surface area contributed by atoms with Crippen molar-refractivity contribution in [1.29, 1.82) is 0 Å². The molecule has 130 valence electrons. The second-order valence-corrected chi connectivity index (χ2v) is 5.37. The number of hydrogen-bond acceptors (Lipinski definition) is 4. The number of carbonyl (C=O) groups is 1. The molecule has 0 aliphatic carbocycles. The molecule has 0 saturated heterocycles. The minimum atomic E-state index is -0.463. The van der Waals surface area contributed by atoms with Gasteiger partial charge in [0.25, 0.3) is 5.69 Å². The van der Waals surface area contributed by atoms with Gasteiger partial charge in [0.1, 0.15) is 5.75 Å². The number of nitrogens with zero attached hydrogens (tertiary/aromatic N) is 1. The third kappa shape index (κ3) is 5.76. The zero-order valence-electron chi connectivity index (χ0n) is 14.0.